The summed E-state index contributed by atoms with van der Waals surface area (Å²) in [7, 11) is -2.17. The van der Waals surface area contributed by atoms with Gasteiger partial charge in [-0.1, -0.05) is 29.8 Å². The number of hydrogen-bond acceptors (Lipinski definition) is 4. The van der Waals surface area contributed by atoms with Crippen molar-refractivity contribution in [3.63, 3.8) is 0 Å². The largest absolute Gasteiger partial charge is 0.495 e. The lowest BCUT2D eigenvalue weighted by Gasteiger charge is -2.31. The van der Waals surface area contributed by atoms with Gasteiger partial charge in [0.2, 0.25) is 15.9 Å². The van der Waals surface area contributed by atoms with Crippen LogP contribution in [0, 0.1) is 12.8 Å². The number of nitrogens with one attached hydrogen (secondary N) is 1. The molecule has 0 saturated carbocycles. The number of benzene rings is 2. The molecule has 1 N–H and O–H groups in total. The molecular weight excluding hydrogens is 400 g/mol. The van der Waals surface area contributed by atoms with E-state index in [0.717, 1.165) is 5.56 Å². The van der Waals surface area contributed by atoms with Crippen LogP contribution in [0.15, 0.2) is 47.4 Å². The highest BCUT2D eigenvalue weighted by Gasteiger charge is 2.33. The van der Waals surface area contributed by atoms with E-state index in [1.54, 1.807) is 30.3 Å². The first-order valence-electron chi connectivity index (χ1n) is 9.03. The highest BCUT2D eigenvalue weighted by atomic mass is 35.5. The Bertz CT molecular complexity index is 978. The van der Waals surface area contributed by atoms with Crippen LogP contribution in [0.25, 0.3) is 0 Å². The van der Waals surface area contributed by atoms with Gasteiger partial charge in [-0.05, 0) is 49.6 Å². The number of methoxy groups -OCH3 is 1. The molecule has 6 nitrogen and oxygen atoms in total. The third kappa shape index (κ3) is 4.32. The number of hydrogen-bond donors (Lipinski definition) is 1. The van der Waals surface area contributed by atoms with Crippen molar-refractivity contribution in [1.82, 2.24) is 4.31 Å². The number of sulfonamides is 1. The number of anilines is 1. The topological polar surface area (TPSA) is 75.7 Å². The molecule has 1 amide bonds. The van der Waals surface area contributed by atoms with Crippen LogP contribution in [0.3, 0.4) is 0 Å². The average molecular weight is 423 g/mol. The van der Waals surface area contributed by atoms with Gasteiger partial charge < -0.3 is 10.1 Å². The molecule has 1 fully saturated rings. The van der Waals surface area contributed by atoms with Gasteiger partial charge in [-0.3, -0.25) is 4.79 Å². The van der Waals surface area contributed by atoms with E-state index < -0.39 is 15.9 Å². The molecular formula is C20H23ClN2O4S. The van der Waals surface area contributed by atoms with Crippen LogP contribution in [-0.2, 0) is 14.8 Å². The maximum absolute atomic E-state index is 13.0. The predicted molar refractivity (Wildman–Crippen MR) is 109 cm³/mol. The van der Waals surface area contributed by atoms with Crippen LogP contribution in [0.2, 0.25) is 5.02 Å². The van der Waals surface area contributed by atoms with Crippen LogP contribution in [-0.4, -0.2) is 38.8 Å². The van der Waals surface area contributed by atoms with Crippen LogP contribution in [0.4, 0.5) is 5.69 Å². The Morgan fingerprint density at radius 2 is 2.00 bits per heavy atom. The molecule has 0 aliphatic carbocycles. The fourth-order valence-electron chi connectivity index (χ4n) is 3.24. The first kappa shape index (κ1) is 20.6. The van der Waals surface area contributed by atoms with Gasteiger partial charge in [0.15, 0.2) is 0 Å². The zero-order valence-corrected chi connectivity index (χ0v) is 17.4. The number of nitrogens with zero attached hydrogens (tertiary/aromatic N) is 1. The number of halogens is 1. The van der Waals surface area contributed by atoms with Gasteiger partial charge in [-0.2, -0.15) is 4.31 Å². The minimum atomic E-state index is -3.71. The number of carbonyl (C=O) groups is 1. The Morgan fingerprint density at radius 1 is 1.25 bits per heavy atom. The number of amides is 1. The van der Waals surface area contributed by atoms with Crippen LogP contribution in [0.1, 0.15) is 18.4 Å². The second kappa shape index (κ2) is 8.51. The number of piperidine rings is 1. The fourth-order valence-corrected chi connectivity index (χ4v) is 5.04. The van der Waals surface area contributed by atoms with Gasteiger partial charge >= 0.3 is 0 Å². The molecule has 0 bridgehead atoms. The molecule has 150 valence electrons. The first-order chi connectivity index (χ1) is 13.3. The molecule has 0 radical (unpaired) electrons. The summed E-state index contributed by atoms with van der Waals surface area (Å²) in [4.78, 5) is 12.9. The zero-order chi connectivity index (χ0) is 20.3. The van der Waals surface area contributed by atoms with Crippen molar-refractivity contribution in [1.29, 1.82) is 0 Å². The van der Waals surface area contributed by atoms with Gasteiger partial charge in [-0.15, -0.1) is 0 Å². The highest BCUT2D eigenvalue weighted by Crippen LogP contribution is 2.29. The Balaban J connectivity index is 1.76. The van der Waals surface area contributed by atoms with Crippen molar-refractivity contribution in [2.24, 2.45) is 5.92 Å². The predicted octanol–water partition coefficient (Wildman–Crippen LogP) is 3.70. The van der Waals surface area contributed by atoms with Gasteiger partial charge in [-0.25, -0.2) is 8.42 Å². The minimum Gasteiger partial charge on any atom is -0.495 e. The summed E-state index contributed by atoms with van der Waals surface area (Å²) in [5.41, 5.74) is 1.38. The molecule has 28 heavy (non-hydrogen) atoms. The van der Waals surface area contributed by atoms with Crippen molar-refractivity contribution in [3.05, 3.63) is 53.1 Å². The van der Waals surface area contributed by atoms with Gasteiger partial charge in [0.25, 0.3) is 0 Å². The fraction of sp³-hybridized carbons (Fsp3) is 0.350. The zero-order valence-electron chi connectivity index (χ0n) is 15.8. The number of carbonyl (C=O) groups excluding carboxylic acids is 1. The third-order valence-corrected chi connectivity index (χ3v) is 7.17. The minimum absolute atomic E-state index is 0.134. The molecule has 0 spiro atoms. The molecule has 0 unspecified atom stereocenters. The normalized spacial score (nSPS) is 17.9. The second-order valence-electron chi connectivity index (χ2n) is 6.80. The lowest BCUT2D eigenvalue weighted by molar-refractivity contribution is -0.120. The Kier molecular flexibility index (Phi) is 6.27. The van der Waals surface area contributed by atoms with E-state index in [1.165, 1.54) is 17.5 Å². The summed E-state index contributed by atoms with van der Waals surface area (Å²) in [6, 6.07) is 11.8. The molecule has 1 aliphatic rings. The van der Waals surface area contributed by atoms with Crippen LogP contribution < -0.4 is 10.1 Å². The summed E-state index contributed by atoms with van der Waals surface area (Å²) in [5.74, 6) is -0.0915. The number of rotatable bonds is 5. The molecule has 1 heterocycles. The molecule has 1 aliphatic heterocycles. The number of para-hydroxylation sites is 2. The van der Waals surface area contributed by atoms with Crippen LogP contribution >= 0.6 is 11.6 Å². The lowest BCUT2D eigenvalue weighted by atomic mass is 9.98. The first-order valence-corrected chi connectivity index (χ1v) is 10.8. The van der Waals surface area contributed by atoms with E-state index in [-0.39, 0.29) is 17.3 Å². The van der Waals surface area contributed by atoms with Crippen molar-refractivity contribution in [2.75, 3.05) is 25.5 Å². The van der Waals surface area contributed by atoms with E-state index in [1.807, 2.05) is 13.0 Å². The van der Waals surface area contributed by atoms with Gasteiger partial charge in [0.05, 0.1) is 23.6 Å². The molecule has 3 rings (SSSR count). The quantitative estimate of drug-likeness (QED) is 0.797. The maximum Gasteiger partial charge on any atom is 0.243 e. The highest BCUT2D eigenvalue weighted by molar-refractivity contribution is 7.89. The molecule has 2 aromatic rings. The van der Waals surface area contributed by atoms with E-state index >= 15 is 0 Å². The third-order valence-electron chi connectivity index (χ3n) is 4.90. The van der Waals surface area contributed by atoms with Crippen molar-refractivity contribution in [2.45, 2.75) is 24.7 Å². The van der Waals surface area contributed by atoms with Crippen LogP contribution in [0.5, 0.6) is 5.75 Å². The summed E-state index contributed by atoms with van der Waals surface area (Å²) in [6.45, 7) is 2.33. The standard InChI is InChI=1S/C20H23ClN2O4S/c1-14-9-10-16(12-17(14)21)28(25,26)23-11-5-6-15(13-23)20(24)22-18-7-3-4-8-19(18)27-2/h3-4,7-10,12,15H,5-6,11,13H2,1-2H3,(H,22,24)/t15-/m1/s1. The van der Waals surface area contributed by atoms with Crippen molar-refractivity contribution < 1.29 is 17.9 Å². The smallest absolute Gasteiger partial charge is 0.243 e. The summed E-state index contributed by atoms with van der Waals surface area (Å²) >= 11 is 6.10. The molecule has 2 aromatic carbocycles. The van der Waals surface area contributed by atoms with E-state index in [2.05, 4.69) is 5.32 Å². The number of ether oxygens (including phenoxy) is 1. The molecule has 1 atom stereocenters. The monoisotopic (exact) mass is 422 g/mol. The van der Waals surface area contributed by atoms with Gasteiger partial charge in [0, 0.05) is 18.1 Å². The Morgan fingerprint density at radius 3 is 2.71 bits per heavy atom. The SMILES string of the molecule is COc1ccccc1NC(=O)[C@@H]1CCCN(S(=O)(=O)c2ccc(C)c(Cl)c2)C1. The van der Waals surface area contributed by atoms with E-state index in [9.17, 15) is 13.2 Å². The molecule has 0 aromatic heterocycles. The average Bonchev–Trinajstić information content (AvgIpc) is 2.70. The van der Waals surface area contributed by atoms with Gasteiger partial charge in [0.1, 0.15) is 5.75 Å². The maximum atomic E-state index is 13.0. The summed E-state index contributed by atoms with van der Waals surface area (Å²) < 4.78 is 32.6. The molecule has 8 heteroatoms. The lowest BCUT2D eigenvalue weighted by Crippen LogP contribution is -2.43. The van der Waals surface area contributed by atoms with Crippen molar-refractivity contribution >= 4 is 33.2 Å². The van der Waals surface area contributed by atoms with Crippen molar-refractivity contribution in [3.8, 4) is 5.75 Å². The molecule has 1 saturated heterocycles. The Hall–Kier alpha value is -2.09. The second-order valence-corrected chi connectivity index (χ2v) is 9.15. The summed E-state index contributed by atoms with van der Waals surface area (Å²) in [5, 5.41) is 3.26. The van der Waals surface area contributed by atoms with E-state index in [4.69, 9.17) is 16.3 Å². The van der Waals surface area contributed by atoms with E-state index in [0.29, 0.717) is 35.8 Å². The Labute approximate surface area is 170 Å². The summed E-state index contributed by atoms with van der Waals surface area (Å²) in [6.07, 6.45) is 1.24. The number of aryl methyl sites for hydroxylation is 1.